The first-order valence-corrected chi connectivity index (χ1v) is 8.06. The Hall–Kier alpha value is -1.62. The smallest absolute Gasteiger partial charge is 0.142 e. The van der Waals surface area contributed by atoms with Crippen LogP contribution in [-0.2, 0) is 0 Å². The number of rotatable bonds is 5. The van der Waals surface area contributed by atoms with E-state index in [1.54, 1.807) is 6.33 Å². The van der Waals surface area contributed by atoms with Gasteiger partial charge in [-0.15, -0.1) is 0 Å². The Bertz CT molecular complexity index is 560. The van der Waals surface area contributed by atoms with Crippen LogP contribution in [-0.4, -0.2) is 39.3 Å². The molecule has 1 aliphatic rings. The summed E-state index contributed by atoms with van der Waals surface area (Å²) in [6, 6.07) is 2.58. The number of aliphatic hydroxyl groups excluding tert-OH is 1. The first-order chi connectivity index (χ1) is 10.4. The van der Waals surface area contributed by atoms with Crippen molar-refractivity contribution in [2.75, 3.05) is 18.1 Å². The summed E-state index contributed by atoms with van der Waals surface area (Å²) in [5.74, 6) is 1.02. The number of aliphatic hydroxyl groups is 1. The molecule has 0 unspecified atom stereocenters. The van der Waals surface area contributed by atoms with E-state index >= 15 is 0 Å². The minimum absolute atomic E-state index is 0.227. The molecule has 1 saturated carbocycles. The van der Waals surface area contributed by atoms with Crippen LogP contribution < -0.4 is 4.90 Å². The molecule has 0 aliphatic heterocycles. The molecule has 0 saturated heterocycles. The molecule has 0 bridgehead atoms. The van der Waals surface area contributed by atoms with Crippen LogP contribution in [0.4, 0.5) is 5.82 Å². The van der Waals surface area contributed by atoms with E-state index in [2.05, 4.69) is 19.9 Å². The largest absolute Gasteiger partial charge is 0.396 e. The Kier molecular flexibility index (Phi) is 4.70. The molecule has 0 spiro atoms. The van der Waals surface area contributed by atoms with Crippen LogP contribution in [0.5, 0.6) is 0 Å². The highest BCUT2D eigenvalue weighted by Gasteiger charge is 2.23. The van der Waals surface area contributed by atoms with E-state index in [9.17, 15) is 5.11 Å². The molecule has 3 rings (SSSR count). The van der Waals surface area contributed by atoms with Crippen LogP contribution in [0.25, 0.3) is 11.0 Å². The minimum Gasteiger partial charge on any atom is -0.396 e. The summed E-state index contributed by atoms with van der Waals surface area (Å²) in [6.07, 6.45) is 12.1. The topological polar surface area (TPSA) is 65.0 Å². The van der Waals surface area contributed by atoms with Crippen LogP contribution in [0, 0.1) is 0 Å². The molecular weight excluding hydrogens is 264 g/mol. The summed E-state index contributed by atoms with van der Waals surface area (Å²) in [7, 11) is 0. The van der Waals surface area contributed by atoms with Crippen molar-refractivity contribution in [3.63, 3.8) is 0 Å². The highest BCUT2D eigenvalue weighted by Crippen LogP contribution is 2.29. The lowest BCUT2D eigenvalue weighted by atomic mass is 10.1. The van der Waals surface area contributed by atoms with Crippen LogP contribution >= 0.6 is 0 Å². The molecule has 0 atom stereocenters. The van der Waals surface area contributed by atoms with Crippen LogP contribution in [0.2, 0.25) is 0 Å². The average Bonchev–Trinajstić information content (AvgIpc) is 2.84. The van der Waals surface area contributed by atoms with E-state index in [1.165, 1.54) is 38.5 Å². The van der Waals surface area contributed by atoms with Gasteiger partial charge in [-0.05, 0) is 25.3 Å². The average molecular weight is 288 g/mol. The van der Waals surface area contributed by atoms with Crippen molar-refractivity contribution in [1.29, 1.82) is 0 Å². The monoisotopic (exact) mass is 288 g/mol. The van der Waals surface area contributed by atoms with Gasteiger partial charge in [-0.3, -0.25) is 0 Å². The van der Waals surface area contributed by atoms with Crippen LogP contribution in [0.3, 0.4) is 0 Å². The molecule has 2 aromatic rings. The van der Waals surface area contributed by atoms with Gasteiger partial charge in [0.15, 0.2) is 0 Å². The van der Waals surface area contributed by atoms with Gasteiger partial charge in [0, 0.05) is 25.4 Å². The van der Waals surface area contributed by atoms with E-state index in [4.69, 9.17) is 0 Å². The molecule has 5 nitrogen and oxygen atoms in total. The number of fused-ring (bicyclic) bond motifs is 1. The van der Waals surface area contributed by atoms with Crippen molar-refractivity contribution in [2.45, 2.75) is 51.0 Å². The van der Waals surface area contributed by atoms with E-state index in [1.807, 2.05) is 12.3 Å². The fourth-order valence-electron chi connectivity index (χ4n) is 3.36. The molecule has 2 N–H and O–H groups in total. The first-order valence-electron chi connectivity index (χ1n) is 8.06. The molecule has 1 aliphatic carbocycles. The number of aromatic amines is 1. The molecule has 0 amide bonds. The van der Waals surface area contributed by atoms with Crippen molar-refractivity contribution in [3.05, 3.63) is 18.6 Å². The Balaban J connectivity index is 1.92. The molecule has 2 heterocycles. The molecule has 0 radical (unpaired) electrons. The van der Waals surface area contributed by atoms with Gasteiger partial charge in [0.25, 0.3) is 0 Å². The van der Waals surface area contributed by atoms with Gasteiger partial charge < -0.3 is 15.0 Å². The van der Waals surface area contributed by atoms with E-state index in [0.29, 0.717) is 6.04 Å². The van der Waals surface area contributed by atoms with E-state index in [-0.39, 0.29) is 6.61 Å². The van der Waals surface area contributed by atoms with Crippen molar-refractivity contribution in [1.82, 2.24) is 15.0 Å². The number of hydrogen-bond donors (Lipinski definition) is 2. The fraction of sp³-hybridized carbons (Fsp3) is 0.625. The highest BCUT2D eigenvalue weighted by molar-refractivity contribution is 5.87. The van der Waals surface area contributed by atoms with Gasteiger partial charge in [0.05, 0.1) is 5.39 Å². The predicted octanol–water partition coefficient (Wildman–Crippen LogP) is 2.87. The number of hydrogen-bond acceptors (Lipinski definition) is 4. The number of nitrogens with zero attached hydrogens (tertiary/aromatic N) is 3. The molecule has 21 heavy (non-hydrogen) atoms. The molecule has 1 fully saturated rings. The van der Waals surface area contributed by atoms with Gasteiger partial charge in [-0.1, -0.05) is 25.7 Å². The fourth-order valence-corrected chi connectivity index (χ4v) is 3.36. The Labute approximate surface area is 125 Å². The summed E-state index contributed by atoms with van der Waals surface area (Å²) in [5.41, 5.74) is 0.891. The quantitative estimate of drug-likeness (QED) is 0.830. The van der Waals surface area contributed by atoms with Crippen molar-refractivity contribution < 1.29 is 5.11 Å². The summed E-state index contributed by atoms with van der Waals surface area (Å²) < 4.78 is 0. The Morgan fingerprint density at radius 1 is 1.19 bits per heavy atom. The number of nitrogens with one attached hydrogen (secondary N) is 1. The third-order valence-electron chi connectivity index (χ3n) is 4.43. The number of anilines is 1. The molecule has 2 aromatic heterocycles. The van der Waals surface area contributed by atoms with Crippen molar-refractivity contribution >= 4 is 16.9 Å². The van der Waals surface area contributed by atoms with Crippen molar-refractivity contribution in [3.8, 4) is 0 Å². The SMILES string of the molecule is OCCCN(c1ncnc2[nH]ccc12)C1CCCCCC1. The third kappa shape index (κ3) is 3.18. The summed E-state index contributed by atoms with van der Waals surface area (Å²) in [4.78, 5) is 14.4. The number of aromatic nitrogens is 3. The zero-order valence-electron chi connectivity index (χ0n) is 12.5. The molecule has 5 heteroatoms. The highest BCUT2D eigenvalue weighted by atomic mass is 16.3. The lowest BCUT2D eigenvalue weighted by molar-refractivity contribution is 0.287. The summed E-state index contributed by atoms with van der Waals surface area (Å²) >= 11 is 0. The first kappa shape index (κ1) is 14.3. The normalized spacial score (nSPS) is 17.0. The van der Waals surface area contributed by atoms with Gasteiger partial charge in [0.1, 0.15) is 17.8 Å². The maximum atomic E-state index is 9.22. The summed E-state index contributed by atoms with van der Waals surface area (Å²) in [5, 5.41) is 10.3. The third-order valence-corrected chi connectivity index (χ3v) is 4.43. The van der Waals surface area contributed by atoms with Gasteiger partial charge in [-0.25, -0.2) is 9.97 Å². The second kappa shape index (κ2) is 6.89. The van der Waals surface area contributed by atoms with Crippen LogP contribution in [0.1, 0.15) is 44.9 Å². The number of H-pyrrole nitrogens is 1. The second-order valence-corrected chi connectivity index (χ2v) is 5.85. The van der Waals surface area contributed by atoms with Gasteiger partial charge >= 0.3 is 0 Å². The Morgan fingerprint density at radius 3 is 2.76 bits per heavy atom. The molecule has 114 valence electrons. The minimum atomic E-state index is 0.227. The van der Waals surface area contributed by atoms with Crippen LogP contribution in [0.15, 0.2) is 18.6 Å². The summed E-state index contributed by atoms with van der Waals surface area (Å²) in [6.45, 7) is 1.09. The standard InChI is InChI=1S/C16H24N4O/c21-11-5-10-20(13-6-3-1-2-4-7-13)16-14-8-9-17-15(14)18-12-19-16/h8-9,12-13,21H,1-7,10-11H2,(H,17,18,19). The zero-order chi connectivity index (χ0) is 14.5. The van der Waals surface area contributed by atoms with E-state index < -0.39 is 0 Å². The Morgan fingerprint density at radius 2 is 2.00 bits per heavy atom. The predicted molar refractivity (Wildman–Crippen MR) is 84.4 cm³/mol. The molecule has 0 aromatic carbocycles. The second-order valence-electron chi connectivity index (χ2n) is 5.85. The maximum absolute atomic E-state index is 9.22. The lowest BCUT2D eigenvalue weighted by Gasteiger charge is -2.32. The zero-order valence-corrected chi connectivity index (χ0v) is 12.5. The van der Waals surface area contributed by atoms with Gasteiger partial charge in [0.2, 0.25) is 0 Å². The molecular formula is C16H24N4O. The lowest BCUT2D eigenvalue weighted by Crippen LogP contribution is -2.37. The maximum Gasteiger partial charge on any atom is 0.142 e. The van der Waals surface area contributed by atoms with Gasteiger partial charge in [-0.2, -0.15) is 0 Å². The van der Waals surface area contributed by atoms with Crippen molar-refractivity contribution in [2.24, 2.45) is 0 Å². The van der Waals surface area contributed by atoms with E-state index in [0.717, 1.165) is 29.8 Å².